The number of carbonyl (C=O) groups excluding carboxylic acids is 2. The summed E-state index contributed by atoms with van der Waals surface area (Å²) in [6.45, 7) is 1.51. The molecule has 1 aliphatic carbocycles. The standard InChI is InChI=1S/C24H21N3O3S/c1-15(30-24(29)17-9-11-26-12-10-17)22(28)27-23-20(14-25)19-8-7-18(13-21(19)31-23)16-5-3-2-4-6-16/h2-6,9-12,15,18H,7-8,13H2,1H3,(H,27,28). The van der Waals surface area contributed by atoms with Crippen LogP contribution >= 0.6 is 11.3 Å². The number of thiophene rings is 1. The van der Waals surface area contributed by atoms with Crippen molar-refractivity contribution in [1.82, 2.24) is 4.98 Å². The molecule has 0 radical (unpaired) electrons. The number of rotatable bonds is 5. The van der Waals surface area contributed by atoms with E-state index in [1.165, 1.54) is 48.4 Å². The molecule has 2 aromatic heterocycles. The first-order valence-corrected chi connectivity index (χ1v) is 10.9. The molecule has 0 saturated carbocycles. The molecule has 4 rings (SSSR count). The molecule has 7 heteroatoms. The van der Waals surface area contributed by atoms with E-state index in [0.29, 0.717) is 22.0 Å². The number of fused-ring (bicyclic) bond motifs is 1. The number of esters is 1. The van der Waals surface area contributed by atoms with Crippen LogP contribution in [0, 0.1) is 11.3 Å². The highest BCUT2D eigenvalue weighted by Gasteiger charge is 2.28. The van der Waals surface area contributed by atoms with E-state index >= 15 is 0 Å². The van der Waals surface area contributed by atoms with Crippen LogP contribution < -0.4 is 5.32 Å². The smallest absolute Gasteiger partial charge is 0.339 e. The Balaban J connectivity index is 1.47. The summed E-state index contributed by atoms with van der Waals surface area (Å²) in [6, 6.07) is 15.7. The van der Waals surface area contributed by atoms with Gasteiger partial charge >= 0.3 is 5.97 Å². The molecule has 31 heavy (non-hydrogen) atoms. The molecule has 0 bridgehead atoms. The van der Waals surface area contributed by atoms with E-state index in [0.717, 1.165) is 29.7 Å². The van der Waals surface area contributed by atoms with Crippen LogP contribution in [-0.4, -0.2) is 23.0 Å². The van der Waals surface area contributed by atoms with Crippen LogP contribution in [0.5, 0.6) is 0 Å². The van der Waals surface area contributed by atoms with Gasteiger partial charge in [0.2, 0.25) is 0 Å². The van der Waals surface area contributed by atoms with Crippen LogP contribution in [0.2, 0.25) is 0 Å². The lowest BCUT2D eigenvalue weighted by Crippen LogP contribution is -2.30. The molecule has 1 N–H and O–H groups in total. The Morgan fingerprint density at radius 1 is 1.23 bits per heavy atom. The van der Waals surface area contributed by atoms with Crippen molar-refractivity contribution in [3.63, 3.8) is 0 Å². The summed E-state index contributed by atoms with van der Waals surface area (Å²) in [5.41, 5.74) is 3.16. The lowest BCUT2D eigenvalue weighted by atomic mass is 9.83. The zero-order valence-corrected chi connectivity index (χ0v) is 17.8. The predicted octanol–water partition coefficient (Wildman–Crippen LogP) is 4.47. The van der Waals surface area contributed by atoms with E-state index in [1.54, 1.807) is 0 Å². The number of ether oxygens (including phenoxy) is 1. The first-order chi connectivity index (χ1) is 15.1. The normalized spacial score (nSPS) is 15.9. The molecular formula is C24H21N3O3S. The van der Waals surface area contributed by atoms with Gasteiger partial charge in [0.05, 0.1) is 11.1 Å². The van der Waals surface area contributed by atoms with Crippen molar-refractivity contribution in [3.05, 3.63) is 82.0 Å². The van der Waals surface area contributed by atoms with Gasteiger partial charge in [0.15, 0.2) is 6.10 Å². The minimum absolute atomic E-state index is 0.325. The molecule has 0 saturated heterocycles. The number of nitrogens with zero attached hydrogens (tertiary/aromatic N) is 2. The molecule has 0 spiro atoms. The summed E-state index contributed by atoms with van der Waals surface area (Å²) in [6.07, 6.45) is 4.59. The second kappa shape index (κ2) is 9.11. The summed E-state index contributed by atoms with van der Waals surface area (Å²) >= 11 is 1.44. The van der Waals surface area contributed by atoms with Crippen molar-refractivity contribution in [3.8, 4) is 6.07 Å². The van der Waals surface area contributed by atoms with Crippen LogP contribution in [0.4, 0.5) is 5.00 Å². The molecule has 156 valence electrons. The van der Waals surface area contributed by atoms with Crippen molar-refractivity contribution < 1.29 is 14.3 Å². The third-order valence-corrected chi connectivity index (χ3v) is 6.62. The average molecular weight is 432 g/mol. The van der Waals surface area contributed by atoms with E-state index in [4.69, 9.17) is 4.74 Å². The van der Waals surface area contributed by atoms with Gasteiger partial charge in [-0.1, -0.05) is 30.3 Å². The number of nitriles is 1. The van der Waals surface area contributed by atoms with E-state index < -0.39 is 18.0 Å². The van der Waals surface area contributed by atoms with E-state index in [2.05, 4.69) is 28.5 Å². The maximum Gasteiger partial charge on any atom is 0.339 e. The number of hydrogen-bond acceptors (Lipinski definition) is 6. The van der Waals surface area contributed by atoms with Crippen LogP contribution in [-0.2, 0) is 22.4 Å². The van der Waals surface area contributed by atoms with Gasteiger partial charge < -0.3 is 10.1 Å². The van der Waals surface area contributed by atoms with Crippen molar-refractivity contribution in [1.29, 1.82) is 5.26 Å². The molecule has 2 atom stereocenters. The number of pyridine rings is 1. The zero-order valence-electron chi connectivity index (χ0n) is 17.0. The maximum atomic E-state index is 12.6. The molecule has 1 aliphatic rings. The number of hydrogen-bond donors (Lipinski definition) is 1. The molecule has 3 aromatic rings. The average Bonchev–Trinajstić information content (AvgIpc) is 3.16. The quantitative estimate of drug-likeness (QED) is 0.602. The third kappa shape index (κ3) is 4.49. The fourth-order valence-corrected chi connectivity index (χ4v) is 5.07. The Bertz CT molecular complexity index is 1140. The Morgan fingerprint density at radius 2 is 1.97 bits per heavy atom. The second-order valence-electron chi connectivity index (χ2n) is 7.44. The van der Waals surface area contributed by atoms with Crippen LogP contribution in [0.3, 0.4) is 0 Å². The van der Waals surface area contributed by atoms with Gasteiger partial charge in [0.1, 0.15) is 11.1 Å². The van der Waals surface area contributed by atoms with E-state index in [9.17, 15) is 14.9 Å². The second-order valence-corrected chi connectivity index (χ2v) is 8.55. The van der Waals surface area contributed by atoms with Crippen LogP contribution in [0.1, 0.15) is 51.2 Å². The third-order valence-electron chi connectivity index (χ3n) is 5.45. The lowest BCUT2D eigenvalue weighted by molar-refractivity contribution is -0.123. The Kier molecular flexibility index (Phi) is 6.10. The Labute approximate surface area is 184 Å². The van der Waals surface area contributed by atoms with Crippen molar-refractivity contribution >= 4 is 28.2 Å². The minimum Gasteiger partial charge on any atom is -0.449 e. The van der Waals surface area contributed by atoms with Crippen LogP contribution in [0.25, 0.3) is 0 Å². The van der Waals surface area contributed by atoms with Gasteiger partial charge in [-0.25, -0.2) is 4.79 Å². The van der Waals surface area contributed by atoms with Crippen molar-refractivity contribution in [2.24, 2.45) is 0 Å². The minimum atomic E-state index is -0.997. The highest BCUT2D eigenvalue weighted by Crippen LogP contribution is 2.42. The molecule has 6 nitrogen and oxygen atoms in total. The molecule has 2 unspecified atom stereocenters. The molecular weight excluding hydrogens is 410 g/mol. The van der Waals surface area contributed by atoms with Crippen molar-refractivity contribution in [2.45, 2.75) is 38.2 Å². The van der Waals surface area contributed by atoms with Gasteiger partial charge in [0.25, 0.3) is 5.91 Å². The van der Waals surface area contributed by atoms with E-state index in [1.807, 2.05) is 18.2 Å². The highest BCUT2D eigenvalue weighted by atomic mass is 32.1. The number of aromatic nitrogens is 1. The molecule has 1 aromatic carbocycles. The van der Waals surface area contributed by atoms with Gasteiger partial charge in [-0.3, -0.25) is 9.78 Å². The lowest BCUT2D eigenvalue weighted by Gasteiger charge is -2.22. The highest BCUT2D eigenvalue weighted by molar-refractivity contribution is 7.16. The number of amides is 1. The predicted molar refractivity (Wildman–Crippen MR) is 118 cm³/mol. The molecule has 2 heterocycles. The summed E-state index contributed by atoms with van der Waals surface area (Å²) in [7, 11) is 0. The molecule has 1 amide bonds. The molecule has 0 aliphatic heterocycles. The number of carbonyl (C=O) groups is 2. The van der Waals surface area contributed by atoms with Gasteiger partial charge in [0, 0.05) is 17.3 Å². The van der Waals surface area contributed by atoms with Crippen LogP contribution in [0.15, 0.2) is 54.9 Å². The number of nitrogens with one attached hydrogen (secondary N) is 1. The maximum absolute atomic E-state index is 12.6. The summed E-state index contributed by atoms with van der Waals surface area (Å²) < 4.78 is 5.26. The largest absolute Gasteiger partial charge is 0.449 e. The SMILES string of the molecule is CC(OC(=O)c1ccncc1)C(=O)Nc1sc2c(c1C#N)CCC(c1ccccc1)C2. The Morgan fingerprint density at radius 3 is 2.68 bits per heavy atom. The van der Waals surface area contributed by atoms with Crippen molar-refractivity contribution in [2.75, 3.05) is 5.32 Å². The summed E-state index contributed by atoms with van der Waals surface area (Å²) in [5, 5.41) is 13.0. The van der Waals surface area contributed by atoms with E-state index in [-0.39, 0.29) is 0 Å². The first kappa shape index (κ1) is 20.8. The summed E-state index contributed by atoms with van der Waals surface area (Å²) in [5.74, 6) is -0.651. The number of anilines is 1. The fourth-order valence-electron chi connectivity index (χ4n) is 3.79. The van der Waals surface area contributed by atoms with Gasteiger partial charge in [-0.05, 0) is 55.4 Å². The van der Waals surface area contributed by atoms with Gasteiger partial charge in [-0.2, -0.15) is 5.26 Å². The Hall–Kier alpha value is -3.50. The number of benzene rings is 1. The monoisotopic (exact) mass is 431 g/mol. The zero-order chi connectivity index (χ0) is 21.8. The summed E-state index contributed by atoms with van der Waals surface area (Å²) in [4.78, 5) is 29.8. The van der Waals surface area contributed by atoms with Gasteiger partial charge in [-0.15, -0.1) is 11.3 Å². The first-order valence-electron chi connectivity index (χ1n) is 10.1. The topological polar surface area (TPSA) is 92.1 Å². The fraction of sp³-hybridized carbons (Fsp3) is 0.250. The molecule has 0 fully saturated rings.